The monoisotopic (exact) mass is 519 g/mol. The van der Waals surface area contributed by atoms with Crippen LogP contribution in [0, 0.1) is 11.8 Å². The molecule has 2 aromatic carbocycles. The van der Waals surface area contributed by atoms with E-state index in [1.54, 1.807) is 73.1 Å². The first-order valence-corrected chi connectivity index (χ1v) is 11.9. The average molecular weight is 520 g/mol. The van der Waals surface area contributed by atoms with Gasteiger partial charge in [0.25, 0.3) is 0 Å². The van der Waals surface area contributed by atoms with Gasteiger partial charge in [0.05, 0.1) is 18.7 Å². The van der Waals surface area contributed by atoms with Gasteiger partial charge in [-0.15, -0.1) is 0 Å². The summed E-state index contributed by atoms with van der Waals surface area (Å²) in [6, 6.07) is 17.5. The minimum atomic E-state index is -0.929. The van der Waals surface area contributed by atoms with Crippen LogP contribution in [0.25, 0.3) is 0 Å². The van der Waals surface area contributed by atoms with Crippen LogP contribution >= 0.6 is 11.6 Å². The largest absolute Gasteiger partial charge is 0.481 e. The van der Waals surface area contributed by atoms with Crippen LogP contribution in [-0.4, -0.2) is 30.2 Å². The van der Waals surface area contributed by atoms with Crippen LogP contribution in [0.1, 0.15) is 12.0 Å². The molecule has 37 heavy (non-hydrogen) atoms. The van der Waals surface area contributed by atoms with Crippen LogP contribution in [0.4, 0.5) is 11.6 Å². The standard InChI is InChI=1S/C26H22ClN5O5/c27-18-5-3-16(4-6-18)14-31-24(30-25(35)32(26(31)36)15-17-12-22(17)23(33)34)29-19-7-9-20(10-8-19)37-21-2-1-11-28-13-21/h1-11,13,17,22H,12,14-15H2,(H,33,34)(H,29,30,35). The van der Waals surface area contributed by atoms with Crippen LogP contribution in [0.5, 0.6) is 11.5 Å². The predicted molar refractivity (Wildman–Crippen MR) is 137 cm³/mol. The number of nitrogens with zero attached hydrogens (tertiary/aromatic N) is 4. The lowest BCUT2D eigenvalue weighted by atomic mass is 10.2. The highest BCUT2D eigenvalue weighted by Crippen LogP contribution is 2.39. The Morgan fingerprint density at radius 3 is 2.46 bits per heavy atom. The Hall–Kier alpha value is -4.44. The van der Waals surface area contributed by atoms with Crippen LogP contribution in [-0.2, 0) is 17.9 Å². The number of aliphatic carboxylic acids is 1. The number of benzene rings is 2. The minimum Gasteiger partial charge on any atom is -0.481 e. The zero-order valence-corrected chi connectivity index (χ0v) is 20.2. The molecule has 188 valence electrons. The van der Waals surface area contributed by atoms with Crippen molar-refractivity contribution in [3.63, 3.8) is 0 Å². The normalized spacial score (nSPS) is 16.2. The van der Waals surface area contributed by atoms with Crippen molar-refractivity contribution in [2.24, 2.45) is 11.8 Å². The fourth-order valence-corrected chi connectivity index (χ4v) is 4.09. The van der Waals surface area contributed by atoms with Crippen molar-refractivity contribution in [1.29, 1.82) is 0 Å². The number of anilines is 2. The van der Waals surface area contributed by atoms with E-state index in [1.807, 2.05) is 0 Å². The van der Waals surface area contributed by atoms with E-state index in [0.717, 1.165) is 10.1 Å². The molecule has 1 aliphatic rings. The van der Waals surface area contributed by atoms with Crippen molar-refractivity contribution in [3.05, 3.63) is 105 Å². The molecule has 0 saturated heterocycles. The summed E-state index contributed by atoms with van der Waals surface area (Å²) in [6.45, 7) is 0.129. The van der Waals surface area contributed by atoms with Gasteiger partial charge in [0.15, 0.2) is 0 Å². The van der Waals surface area contributed by atoms with Gasteiger partial charge in [-0.25, -0.2) is 14.2 Å². The molecule has 0 radical (unpaired) electrons. The number of nitrogens with one attached hydrogen (secondary N) is 1. The van der Waals surface area contributed by atoms with Gasteiger partial charge in [0.1, 0.15) is 11.5 Å². The number of hydrogen-bond acceptors (Lipinski definition) is 7. The molecule has 1 aliphatic carbocycles. The molecule has 1 saturated carbocycles. The smallest absolute Gasteiger partial charge is 0.354 e. The average Bonchev–Trinajstić information content (AvgIpc) is 3.67. The van der Waals surface area contributed by atoms with Crippen molar-refractivity contribution >= 4 is 29.2 Å². The second-order valence-corrected chi connectivity index (χ2v) is 9.14. The Kier molecular flexibility index (Phi) is 6.74. The van der Waals surface area contributed by atoms with E-state index in [2.05, 4.69) is 15.3 Å². The second-order valence-electron chi connectivity index (χ2n) is 8.70. The zero-order valence-electron chi connectivity index (χ0n) is 19.5. The van der Waals surface area contributed by atoms with Crippen LogP contribution in [0.3, 0.4) is 0 Å². The topological polar surface area (TPSA) is 128 Å². The maximum Gasteiger partial charge on any atom is 0.354 e. The van der Waals surface area contributed by atoms with Crippen molar-refractivity contribution in [2.75, 3.05) is 5.32 Å². The molecular formula is C26H22ClN5O5. The molecule has 2 heterocycles. The molecule has 0 spiro atoms. The van der Waals surface area contributed by atoms with Gasteiger partial charge in [0.2, 0.25) is 5.95 Å². The first kappa shape index (κ1) is 24.3. The molecule has 2 unspecified atom stereocenters. The Morgan fingerprint density at radius 2 is 1.81 bits per heavy atom. The van der Waals surface area contributed by atoms with E-state index in [1.165, 1.54) is 4.57 Å². The summed E-state index contributed by atoms with van der Waals surface area (Å²) in [7, 11) is 0. The number of carboxylic acids is 1. The lowest BCUT2D eigenvalue weighted by Crippen LogP contribution is -2.43. The van der Waals surface area contributed by atoms with Gasteiger partial charge in [-0.3, -0.25) is 14.3 Å². The van der Waals surface area contributed by atoms with Crippen LogP contribution in [0.15, 0.2) is 82.6 Å². The third-order valence-corrected chi connectivity index (χ3v) is 6.29. The lowest BCUT2D eigenvalue weighted by Gasteiger charge is -2.16. The van der Waals surface area contributed by atoms with Gasteiger partial charge in [-0.1, -0.05) is 23.7 Å². The zero-order chi connectivity index (χ0) is 25.9. The molecule has 4 aromatic rings. The summed E-state index contributed by atoms with van der Waals surface area (Å²) < 4.78 is 8.10. The molecule has 0 bridgehead atoms. The molecule has 0 amide bonds. The summed E-state index contributed by atoms with van der Waals surface area (Å²) in [4.78, 5) is 45.6. The Balaban J connectivity index is 1.44. The first-order valence-electron chi connectivity index (χ1n) is 11.5. The van der Waals surface area contributed by atoms with Crippen LogP contribution < -0.4 is 21.4 Å². The number of aromatic nitrogens is 4. The lowest BCUT2D eigenvalue weighted by molar-refractivity contribution is -0.138. The van der Waals surface area contributed by atoms with Gasteiger partial charge in [0, 0.05) is 23.5 Å². The summed E-state index contributed by atoms with van der Waals surface area (Å²) >= 11 is 6.00. The van der Waals surface area contributed by atoms with E-state index in [9.17, 15) is 19.5 Å². The second kappa shape index (κ2) is 10.3. The van der Waals surface area contributed by atoms with Crippen molar-refractivity contribution in [2.45, 2.75) is 19.5 Å². The maximum absolute atomic E-state index is 13.4. The van der Waals surface area contributed by atoms with E-state index < -0.39 is 23.3 Å². The molecule has 11 heteroatoms. The summed E-state index contributed by atoms with van der Waals surface area (Å²) in [5.74, 6) is -0.528. The predicted octanol–water partition coefficient (Wildman–Crippen LogP) is 3.76. The molecule has 2 aromatic heterocycles. The number of rotatable bonds is 9. The number of pyridine rings is 1. The number of halogens is 1. The number of carboxylic acid groups (broad SMARTS) is 1. The quantitative estimate of drug-likeness (QED) is 0.342. The van der Waals surface area contributed by atoms with E-state index >= 15 is 0 Å². The molecule has 0 aliphatic heterocycles. The molecule has 10 nitrogen and oxygen atoms in total. The highest BCUT2D eigenvalue weighted by atomic mass is 35.5. The van der Waals surface area contributed by atoms with Crippen molar-refractivity contribution in [3.8, 4) is 11.5 Å². The number of hydrogen-bond donors (Lipinski definition) is 2. The number of ether oxygens (including phenoxy) is 1. The van der Waals surface area contributed by atoms with Gasteiger partial charge in [-0.05, 0) is 66.4 Å². The fraction of sp³-hybridized carbons (Fsp3) is 0.192. The van der Waals surface area contributed by atoms with Crippen molar-refractivity contribution < 1.29 is 14.6 Å². The molecule has 2 N–H and O–H groups in total. The summed E-state index contributed by atoms with van der Waals surface area (Å²) in [5, 5.41) is 12.8. The SMILES string of the molecule is O=C(O)C1CC1Cn1c(=O)nc(Nc2ccc(Oc3cccnc3)cc2)n(Cc2ccc(Cl)cc2)c1=O. The Morgan fingerprint density at radius 1 is 1.05 bits per heavy atom. The van der Waals surface area contributed by atoms with Crippen LogP contribution in [0.2, 0.25) is 5.02 Å². The van der Waals surface area contributed by atoms with Gasteiger partial charge >= 0.3 is 17.3 Å². The number of carbonyl (C=O) groups is 1. The highest BCUT2D eigenvalue weighted by Gasteiger charge is 2.43. The Bertz CT molecular complexity index is 1540. The molecule has 1 fully saturated rings. The van der Waals surface area contributed by atoms with E-state index in [-0.39, 0.29) is 25.0 Å². The Labute approximate surface area is 215 Å². The van der Waals surface area contributed by atoms with Gasteiger partial charge < -0.3 is 15.2 Å². The summed E-state index contributed by atoms with van der Waals surface area (Å²) in [5.41, 5.74) is 0.0367. The fourth-order valence-electron chi connectivity index (χ4n) is 3.96. The molecule has 2 atom stereocenters. The van der Waals surface area contributed by atoms with E-state index in [0.29, 0.717) is 28.6 Å². The summed E-state index contributed by atoms with van der Waals surface area (Å²) in [6.07, 6.45) is 3.67. The highest BCUT2D eigenvalue weighted by molar-refractivity contribution is 6.30. The third-order valence-electron chi connectivity index (χ3n) is 6.04. The third kappa shape index (κ3) is 5.70. The maximum atomic E-state index is 13.4. The van der Waals surface area contributed by atoms with Crippen molar-refractivity contribution in [1.82, 2.24) is 19.1 Å². The minimum absolute atomic E-state index is 0.00289. The molecular weight excluding hydrogens is 498 g/mol. The molecule has 5 rings (SSSR count). The first-order chi connectivity index (χ1) is 17.9. The van der Waals surface area contributed by atoms with E-state index in [4.69, 9.17) is 16.3 Å². The van der Waals surface area contributed by atoms with Gasteiger partial charge in [-0.2, -0.15) is 4.98 Å².